The van der Waals surface area contributed by atoms with Crippen molar-refractivity contribution in [3.8, 4) is 0 Å². The molecule has 0 amide bonds. The van der Waals surface area contributed by atoms with Gasteiger partial charge < -0.3 is 4.74 Å². The monoisotopic (exact) mass is 232 g/mol. The van der Waals surface area contributed by atoms with Gasteiger partial charge in [0.1, 0.15) is 11.2 Å². The Morgan fingerprint density at radius 1 is 1.65 bits per heavy atom. The van der Waals surface area contributed by atoms with Crippen LogP contribution < -0.4 is 0 Å². The summed E-state index contributed by atoms with van der Waals surface area (Å²) in [6.45, 7) is 6.12. The lowest BCUT2D eigenvalue weighted by atomic mass is 9.95. The lowest BCUT2D eigenvalue weighted by Crippen LogP contribution is -2.19. The van der Waals surface area contributed by atoms with Crippen molar-refractivity contribution < 1.29 is 13.9 Å². The van der Waals surface area contributed by atoms with E-state index in [4.69, 9.17) is 4.74 Å². The zero-order valence-electron chi connectivity index (χ0n) is 9.63. The molecule has 1 saturated carbocycles. The molecule has 0 aliphatic heterocycles. The van der Waals surface area contributed by atoms with Crippen molar-refractivity contribution >= 4 is 11.5 Å². The Morgan fingerprint density at radius 2 is 2.41 bits per heavy atom. The van der Waals surface area contributed by atoms with Crippen molar-refractivity contribution in [2.45, 2.75) is 19.3 Å². The molecule has 0 bridgehead atoms. The zero-order chi connectivity index (χ0) is 12.2. The number of rotatable bonds is 2. The first-order chi connectivity index (χ1) is 8.11. The largest absolute Gasteiger partial charge is 0.465 e. The van der Waals surface area contributed by atoms with Crippen LogP contribution in [0.25, 0.3) is 5.57 Å². The lowest BCUT2D eigenvalue weighted by Gasteiger charge is -2.13. The van der Waals surface area contributed by atoms with E-state index in [0.29, 0.717) is 6.61 Å². The molecule has 3 rings (SSSR count). The number of hydrogen-bond acceptors (Lipinski definition) is 2. The molecule has 1 aromatic carbocycles. The second-order valence-electron chi connectivity index (χ2n) is 4.66. The Hall–Kier alpha value is -1.64. The number of ether oxygens (including phenoxy) is 1. The van der Waals surface area contributed by atoms with Gasteiger partial charge in [-0.15, -0.1) is 0 Å². The molecule has 0 aromatic heterocycles. The zero-order valence-corrected chi connectivity index (χ0v) is 9.63. The van der Waals surface area contributed by atoms with E-state index in [1.807, 2.05) is 0 Å². The molecule has 2 nitrogen and oxygen atoms in total. The second-order valence-corrected chi connectivity index (χ2v) is 4.66. The van der Waals surface area contributed by atoms with E-state index < -0.39 is 5.41 Å². The fourth-order valence-electron chi connectivity index (χ4n) is 2.91. The van der Waals surface area contributed by atoms with Crippen LogP contribution in [0.15, 0.2) is 24.8 Å². The Morgan fingerprint density at radius 3 is 3.12 bits per heavy atom. The molecule has 2 atom stereocenters. The molecule has 2 aliphatic carbocycles. The minimum absolute atomic E-state index is 0.143. The van der Waals surface area contributed by atoms with E-state index in [1.165, 1.54) is 12.1 Å². The molecule has 88 valence electrons. The maximum absolute atomic E-state index is 13.2. The highest BCUT2D eigenvalue weighted by atomic mass is 19.1. The third-order valence-electron chi connectivity index (χ3n) is 3.85. The first kappa shape index (κ1) is 10.5. The highest BCUT2D eigenvalue weighted by Gasteiger charge is 2.68. The summed E-state index contributed by atoms with van der Waals surface area (Å²) in [6.07, 6.45) is 0.753. The smallest absolute Gasteiger partial charge is 0.317 e. The van der Waals surface area contributed by atoms with Crippen molar-refractivity contribution in [3.63, 3.8) is 0 Å². The Balaban J connectivity index is 2.03. The van der Waals surface area contributed by atoms with Gasteiger partial charge >= 0.3 is 5.97 Å². The third-order valence-corrected chi connectivity index (χ3v) is 3.85. The highest BCUT2D eigenvalue weighted by molar-refractivity contribution is 6.02. The van der Waals surface area contributed by atoms with Gasteiger partial charge in [0.2, 0.25) is 0 Å². The van der Waals surface area contributed by atoms with Gasteiger partial charge in [-0.25, -0.2) is 4.39 Å². The molecule has 3 heteroatoms. The summed E-state index contributed by atoms with van der Waals surface area (Å²) in [5.74, 6) is -0.360. The summed E-state index contributed by atoms with van der Waals surface area (Å²) >= 11 is 0. The third kappa shape index (κ3) is 1.17. The summed E-state index contributed by atoms with van der Waals surface area (Å²) in [5.41, 5.74) is 1.95. The fourth-order valence-corrected chi connectivity index (χ4v) is 2.91. The number of benzene rings is 1. The van der Waals surface area contributed by atoms with E-state index in [9.17, 15) is 9.18 Å². The van der Waals surface area contributed by atoms with Crippen LogP contribution >= 0.6 is 0 Å². The summed E-state index contributed by atoms with van der Waals surface area (Å²) in [4.78, 5) is 12.0. The van der Waals surface area contributed by atoms with E-state index >= 15 is 0 Å². The van der Waals surface area contributed by atoms with Gasteiger partial charge in [0.05, 0.1) is 6.61 Å². The summed E-state index contributed by atoms with van der Waals surface area (Å²) < 4.78 is 18.3. The quantitative estimate of drug-likeness (QED) is 0.733. The summed E-state index contributed by atoms with van der Waals surface area (Å²) in [7, 11) is 0. The Bertz CT molecular complexity index is 535. The predicted molar refractivity (Wildman–Crippen MR) is 61.9 cm³/mol. The molecule has 1 aromatic rings. The van der Waals surface area contributed by atoms with E-state index in [-0.39, 0.29) is 17.7 Å². The van der Waals surface area contributed by atoms with Gasteiger partial charge in [0.15, 0.2) is 0 Å². The minimum Gasteiger partial charge on any atom is -0.465 e. The van der Waals surface area contributed by atoms with Crippen LogP contribution in [-0.4, -0.2) is 12.6 Å². The molecule has 0 saturated heterocycles. The average molecular weight is 232 g/mol. The van der Waals surface area contributed by atoms with Crippen LogP contribution in [0.3, 0.4) is 0 Å². The van der Waals surface area contributed by atoms with Crippen LogP contribution in [0.1, 0.15) is 30.4 Å². The van der Waals surface area contributed by atoms with Crippen molar-refractivity contribution in [2.75, 3.05) is 6.61 Å². The predicted octanol–water partition coefficient (Wildman–Crippen LogP) is 2.89. The van der Waals surface area contributed by atoms with Crippen LogP contribution in [-0.2, 0) is 9.53 Å². The number of esters is 1. The minimum atomic E-state index is -0.591. The van der Waals surface area contributed by atoms with Gasteiger partial charge in [-0.3, -0.25) is 4.79 Å². The van der Waals surface area contributed by atoms with Gasteiger partial charge in [0.25, 0.3) is 0 Å². The van der Waals surface area contributed by atoms with Crippen molar-refractivity contribution in [1.82, 2.24) is 0 Å². The first-order valence-corrected chi connectivity index (χ1v) is 5.77. The molecule has 2 unspecified atom stereocenters. The van der Waals surface area contributed by atoms with Crippen molar-refractivity contribution in [1.29, 1.82) is 0 Å². The van der Waals surface area contributed by atoms with Gasteiger partial charge in [-0.1, -0.05) is 12.6 Å². The van der Waals surface area contributed by atoms with Crippen LogP contribution in [0.4, 0.5) is 4.39 Å². The summed E-state index contributed by atoms with van der Waals surface area (Å²) in [6, 6.07) is 4.66. The molecule has 0 radical (unpaired) electrons. The van der Waals surface area contributed by atoms with Crippen molar-refractivity contribution in [3.05, 3.63) is 41.7 Å². The van der Waals surface area contributed by atoms with E-state index in [2.05, 4.69) is 6.58 Å². The highest BCUT2D eigenvalue weighted by Crippen LogP contribution is 2.72. The van der Waals surface area contributed by atoms with Gasteiger partial charge in [-0.05, 0) is 42.2 Å². The maximum Gasteiger partial charge on any atom is 0.317 e. The van der Waals surface area contributed by atoms with Gasteiger partial charge in [-0.2, -0.15) is 0 Å². The topological polar surface area (TPSA) is 26.3 Å². The SMILES string of the molecule is C=C1c2cc(F)ccc2C2CC12C(=O)OCC. The van der Waals surface area contributed by atoms with Crippen LogP contribution in [0.5, 0.6) is 0 Å². The normalized spacial score (nSPS) is 28.6. The van der Waals surface area contributed by atoms with Crippen LogP contribution in [0.2, 0.25) is 0 Å². The first-order valence-electron chi connectivity index (χ1n) is 5.77. The summed E-state index contributed by atoms with van der Waals surface area (Å²) in [5, 5.41) is 0. The fraction of sp³-hybridized carbons (Fsp3) is 0.357. The maximum atomic E-state index is 13.2. The van der Waals surface area contributed by atoms with E-state index in [0.717, 1.165) is 23.1 Å². The standard InChI is InChI=1S/C14H13FO2/c1-3-17-13(16)14-7-12(14)10-5-4-9(15)6-11(10)8(14)2/h4-6,12H,2-3,7H2,1H3. The number of hydrogen-bond donors (Lipinski definition) is 0. The number of halogens is 1. The second kappa shape index (κ2) is 3.19. The number of carbonyl (C=O) groups is 1. The molecule has 0 heterocycles. The Kier molecular flexibility index (Phi) is 1.97. The van der Waals surface area contributed by atoms with E-state index in [1.54, 1.807) is 13.0 Å². The molecule has 2 aliphatic rings. The molecule has 17 heavy (non-hydrogen) atoms. The Labute approximate surface area is 99.1 Å². The van der Waals surface area contributed by atoms with Gasteiger partial charge in [0, 0.05) is 5.92 Å². The molecule has 0 spiro atoms. The molecule has 0 N–H and O–H groups in total. The lowest BCUT2D eigenvalue weighted by molar-refractivity contribution is -0.147. The average Bonchev–Trinajstić information content (AvgIpc) is 3.00. The molecule has 1 fully saturated rings. The molecular weight excluding hydrogens is 219 g/mol. The van der Waals surface area contributed by atoms with Crippen LogP contribution in [0, 0.1) is 11.2 Å². The number of carbonyl (C=O) groups excluding carboxylic acids is 1. The van der Waals surface area contributed by atoms with Crippen molar-refractivity contribution in [2.24, 2.45) is 5.41 Å². The number of fused-ring (bicyclic) bond motifs is 3. The molecular formula is C14H13FO2.